The molecular weight excluding hydrogens is 200 g/mol. The Morgan fingerprint density at radius 2 is 2.36 bits per heavy atom. The summed E-state index contributed by atoms with van der Waals surface area (Å²) in [6.07, 6.45) is 1.75. The molecule has 1 aromatic rings. The minimum Gasteiger partial charge on any atom is -0.469 e. The molecule has 0 aliphatic heterocycles. The van der Waals surface area contributed by atoms with Crippen LogP contribution in [0.25, 0.3) is 0 Å². The molecule has 1 aromatic carbocycles. The zero-order valence-corrected chi connectivity index (χ0v) is 8.67. The summed E-state index contributed by atoms with van der Waals surface area (Å²) in [6, 6.07) is 5.67. The number of ether oxygens (including phenoxy) is 1. The van der Waals surface area contributed by atoms with Crippen LogP contribution in [0, 0.1) is 0 Å². The van der Waals surface area contributed by atoms with Crippen molar-refractivity contribution in [2.24, 2.45) is 0 Å². The minimum atomic E-state index is -0.147. The average Bonchev–Trinajstić information content (AvgIpc) is 2.59. The SMILES string of the molecule is COC(=O)C1CCc2cc(Cl)ccc21. The molecule has 0 bridgehead atoms. The number of rotatable bonds is 1. The predicted molar refractivity (Wildman–Crippen MR) is 54.5 cm³/mol. The standard InChI is InChI=1S/C11H11ClO2/c1-14-11(13)10-4-2-7-6-8(12)3-5-9(7)10/h3,5-6,10H,2,4H2,1H3. The maximum absolute atomic E-state index is 11.4. The lowest BCUT2D eigenvalue weighted by molar-refractivity contribution is -0.142. The Kier molecular flexibility index (Phi) is 2.46. The summed E-state index contributed by atoms with van der Waals surface area (Å²) in [6.45, 7) is 0. The first-order valence-corrected chi connectivity index (χ1v) is 4.96. The van der Waals surface area contributed by atoms with Crippen LogP contribution < -0.4 is 0 Å². The summed E-state index contributed by atoms with van der Waals surface area (Å²) in [5, 5.41) is 0.731. The molecule has 0 fully saturated rings. The third-order valence-electron chi connectivity index (χ3n) is 2.67. The molecule has 14 heavy (non-hydrogen) atoms. The molecule has 0 saturated carbocycles. The van der Waals surface area contributed by atoms with Crippen LogP contribution in [0.1, 0.15) is 23.5 Å². The number of hydrogen-bond donors (Lipinski definition) is 0. The smallest absolute Gasteiger partial charge is 0.313 e. The van der Waals surface area contributed by atoms with Gasteiger partial charge in [-0.3, -0.25) is 4.79 Å². The van der Waals surface area contributed by atoms with Crippen molar-refractivity contribution in [3.8, 4) is 0 Å². The number of benzene rings is 1. The lowest BCUT2D eigenvalue weighted by Gasteiger charge is -2.08. The molecule has 74 valence electrons. The largest absolute Gasteiger partial charge is 0.469 e. The fraction of sp³-hybridized carbons (Fsp3) is 0.364. The van der Waals surface area contributed by atoms with E-state index in [0.717, 1.165) is 23.4 Å². The second kappa shape index (κ2) is 3.62. The van der Waals surface area contributed by atoms with Crippen LogP contribution in [0.4, 0.5) is 0 Å². The molecule has 1 aliphatic rings. The van der Waals surface area contributed by atoms with E-state index in [9.17, 15) is 4.79 Å². The van der Waals surface area contributed by atoms with Gasteiger partial charge in [-0.05, 0) is 36.1 Å². The van der Waals surface area contributed by atoms with Gasteiger partial charge in [-0.2, -0.15) is 0 Å². The van der Waals surface area contributed by atoms with Crippen LogP contribution in [0.15, 0.2) is 18.2 Å². The average molecular weight is 211 g/mol. The number of carbonyl (C=O) groups is 1. The van der Waals surface area contributed by atoms with Crippen molar-refractivity contribution >= 4 is 17.6 Å². The zero-order chi connectivity index (χ0) is 10.1. The van der Waals surface area contributed by atoms with Crippen molar-refractivity contribution in [3.63, 3.8) is 0 Å². The van der Waals surface area contributed by atoms with Gasteiger partial charge >= 0.3 is 5.97 Å². The highest BCUT2D eigenvalue weighted by atomic mass is 35.5. The lowest BCUT2D eigenvalue weighted by Crippen LogP contribution is -2.11. The molecule has 0 aromatic heterocycles. The topological polar surface area (TPSA) is 26.3 Å². The first-order valence-electron chi connectivity index (χ1n) is 4.58. The van der Waals surface area contributed by atoms with Crippen LogP contribution in [0.5, 0.6) is 0 Å². The number of aryl methyl sites for hydroxylation is 1. The summed E-state index contributed by atoms with van der Waals surface area (Å²) < 4.78 is 4.75. The van der Waals surface area contributed by atoms with Crippen LogP contribution in [0.3, 0.4) is 0 Å². The van der Waals surface area contributed by atoms with E-state index in [-0.39, 0.29) is 11.9 Å². The van der Waals surface area contributed by atoms with Gasteiger partial charge in [-0.25, -0.2) is 0 Å². The number of methoxy groups -OCH3 is 1. The Bertz CT molecular complexity index is 374. The Morgan fingerprint density at radius 1 is 1.57 bits per heavy atom. The fourth-order valence-corrected chi connectivity index (χ4v) is 2.17. The number of halogens is 1. The van der Waals surface area contributed by atoms with E-state index in [1.54, 1.807) is 0 Å². The van der Waals surface area contributed by atoms with Gasteiger partial charge < -0.3 is 4.74 Å². The van der Waals surface area contributed by atoms with Crippen LogP contribution >= 0.6 is 11.6 Å². The number of hydrogen-bond acceptors (Lipinski definition) is 2. The van der Waals surface area contributed by atoms with E-state index >= 15 is 0 Å². The summed E-state index contributed by atoms with van der Waals surface area (Å²) in [4.78, 5) is 11.4. The van der Waals surface area contributed by atoms with Crippen molar-refractivity contribution in [2.45, 2.75) is 18.8 Å². The van der Waals surface area contributed by atoms with Crippen LogP contribution in [-0.2, 0) is 16.0 Å². The van der Waals surface area contributed by atoms with Gasteiger partial charge in [0.15, 0.2) is 0 Å². The minimum absolute atomic E-state index is 0.0905. The molecule has 0 heterocycles. The first kappa shape index (κ1) is 9.53. The molecule has 0 spiro atoms. The van der Waals surface area contributed by atoms with Crippen LogP contribution in [0.2, 0.25) is 5.02 Å². The van der Waals surface area contributed by atoms with Gasteiger partial charge in [0.2, 0.25) is 0 Å². The normalized spacial score (nSPS) is 19.1. The second-order valence-corrected chi connectivity index (χ2v) is 3.89. The Morgan fingerprint density at radius 3 is 3.07 bits per heavy atom. The van der Waals surface area contributed by atoms with E-state index in [1.807, 2.05) is 18.2 Å². The summed E-state index contributed by atoms with van der Waals surface area (Å²) in [7, 11) is 1.43. The van der Waals surface area contributed by atoms with E-state index in [1.165, 1.54) is 12.7 Å². The third kappa shape index (κ3) is 1.50. The summed E-state index contributed by atoms with van der Waals surface area (Å²) in [5.74, 6) is -0.238. The highest BCUT2D eigenvalue weighted by Gasteiger charge is 2.29. The van der Waals surface area contributed by atoms with Crippen molar-refractivity contribution in [1.82, 2.24) is 0 Å². The molecule has 1 atom stereocenters. The molecular formula is C11H11ClO2. The summed E-state index contributed by atoms with van der Waals surface area (Å²) in [5.41, 5.74) is 2.24. The maximum atomic E-state index is 11.4. The quantitative estimate of drug-likeness (QED) is 0.666. The molecule has 0 N–H and O–H groups in total. The van der Waals surface area contributed by atoms with Gasteiger partial charge in [-0.15, -0.1) is 0 Å². The Balaban J connectivity index is 2.35. The van der Waals surface area contributed by atoms with Gasteiger partial charge in [0.25, 0.3) is 0 Å². The molecule has 2 nitrogen and oxygen atoms in total. The zero-order valence-electron chi connectivity index (χ0n) is 7.92. The molecule has 1 aliphatic carbocycles. The molecule has 3 heteroatoms. The van der Waals surface area contributed by atoms with Crippen LogP contribution in [-0.4, -0.2) is 13.1 Å². The van der Waals surface area contributed by atoms with Crippen molar-refractivity contribution in [1.29, 1.82) is 0 Å². The molecule has 0 radical (unpaired) electrons. The molecule has 2 rings (SSSR count). The maximum Gasteiger partial charge on any atom is 0.313 e. The Hall–Kier alpha value is -1.02. The van der Waals surface area contributed by atoms with Gasteiger partial charge in [0.1, 0.15) is 0 Å². The summed E-state index contributed by atoms with van der Waals surface area (Å²) >= 11 is 5.87. The van der Waals surface area contributed by atoms with Crippen molar-refractivity contribution in [2.75, 3.05) is 7.11 Å². The van der Waals surface area contributed by atoms with E-state index in [0.29, 0.717) is 0 Å². The van der Waals surface area contributed by atoms with Gasteiger partial charge in [-0.1, -0.05) is 17.7 Å². The van der Waals surface area contributed by atoms with Gasteiger partial charge in [0.05, 0.1) is 13.0 Å². The monoisotopic (exact) mass is 210 g/mol. The number of fused-ring (bicyclic) bond motifs is 1. The third-order valence-corrected chi connectivity index (χ3v) is 2.90. The molecule has 0 amide bonds. The van der Waals surface area contributed by atoms with E-state index < -0.39 is 0 Å². The van der Waals surface area contributed by atoms with E-state index in [2.05, 4.69) is 0 Å². The lowest BCUT2D eigenvalue weighted by atomic mass is 10.0. The second-order valence-electron chi connectivity index (χ2n) is 3.46. The highest BCUT2D eigenvalue weighted by Crippen LogP contribution is 2.35. The molecule has 0 saturated heterocycles. The van der Waals surface area contributed by atoms with E-state index in [4.69, 9.17) is 16.3 Å². The van der Waals surface area contributed by atoms with Crippen molar-refractivity contribution < 1.29 is 9.53 Å². The predicted octanol–water partition coefficient (Wildman–Crippen LogP) is 2.54. The number of carbonyl (C=O) groups excluding carboxylic acids is 1. The number of esters is 1. The highest BCUT2D eigenvalue weighted by molar-refractivity contribution is 6.30. The van der Waals surface area contributed by atoms with Crippen molar-refractivity contribution in [3.05, 3.63) is 34.3 Å². The fourth-order valence-electron chi connectivity index (χ4n) is 1.97. The first-order chi connectivity index (χ1) is 6.72. The Labute approximate surface area is 87.8 Å². The van der Waals surface area contributed by atoms with Gasteiger partial charge in [0, 0.05) is 5.02 Å². The molecule has 1 unspecified atom stereocenters.